The van der Waals surface area contributed by atoms with E-state index in [1.807, 2.05) is 0 Å². The Morgan fingerprint density at radius 2 is 2.15 bits per heavy atom. The highest BCUT2D eigenvalue weighted by atomic mass is 32.2. The van der Waals surface area contributed by atoms with Crippen molar-refractivity contribution in [1.82, 2.24) is 9.71 Å². The number of carbonyl (C=O) groups is 1. The highest BCUT2D eigenvalue weighted by molar-refractivity contribution is 7.91. The second-order valence-electron chi connectivity index (χ2n) is 5.23. The zero-order valence-electron chi connectivity index (χ0n) is 11.2. The lowest BCUT2D eigenvalue weighted by Gasteiger charge is -2.15. The normalized spacial score (nSPS) is 24.2. The molecule has 0 amide bonds. The number of nitrogens with zero attached hydrogens (tertiary/aromatic N) is 1. The van der Waals surface area contributed by atoms with E-state index >= 15 is 0 Å². The Hall–Kier alpha value is -0.990. The van der Waals surface area contributed by atoms with Gasteiger partial charge in [-0.3, -0.25) is 0 Å². The minimum atomic E-state index is -3.80. The van der Waals surface area contributed by atoms with Crippen molar-refractivity contribution in [2.45, 2.75) is 49.3 Å². The first-order chi connectivity index (χ1) is 9.40. The summed E-state index contributed by atoms with van der Waals surface area (Å²) in [5.41, 5.74) is 0.845. The third kappa shape index (κ3) is 3.56. The van der Waals surface area contributed by atoms with Gasteiger partial charge in [-0.1, -0.05) is 19.8 Å². The summed E-state index contributed by atoms with van der Waals surface area (Å²) in [6.45, 7) is 2.17. The molecule has 20 heavy (non-hydrogen) atoms. The molecule has 1 aliphatic rings. The van der Waals surface area contributed by atoms with Crippen molar-refractivity contribution in [1.29, 1.82) is 0 Å². The van der Waals surface area contributed by atoms with E-state index in [1.165, 1.54) is 5.51 Å². The van der Waals surface area contributed by atoms with Gasteiger partial charge in [0.1, 0.15) is 0 Å². The maximum atomic E-state index is 12.3. The maximum Gasteiger partial charge on any atom is 0.356 e. The van der Waals surface area contributed by atoms with Crippen molar-refractivity contribution in [3.63, 3.8) is 0 Å². The molecule has 2 N–H and O–H groups in total. The predicted octanol–water partition coefficient (Wildman–Crippen LogP) is 2.09. The van der Waals surface area contributed by atoms with Gasteiger partial charge in [-0.15, -0.1) is 11.3 Å². The van der Waals surface area contributed by atoms with Gasteiger partial charge in [0.25, 0.3) is 10.0 Å². The van der Waals surface area contributed by atoms with E-state index < -0.39 is 21.7 Å². The molecule has 2 rings (SSSR count). The molecule has 6 nitrogen and oxygen atoms in total. The highest BCUT2D eigenvalue weighted by Gasteiger charge is 2.28. The molecule has 2 unspecified atom stereocenters. The average molecular weight is 318 g/mol. The van der Waals surface area contributed by atoms with Crippen LogP contribution in [0.15, 0.2) is 9.72 Å². The Labute approximate surface area is 122 Å². The van der Waals surface area contributed by atoms with Gasteiger partial charge in [-0.25, -0.2) is 22.9 Å². The lowest BCUT2D eigenvalue weighted by molar-refractivity contribution is 0.0687. The summed E-state index contributed by atoms with van der Waals surface area (Å²) in [6.07, 6.45) is 4.68. The summed E-state index contributed by atoms with van der Waals surface area (Å²) in [5.74, 6) is -0.705. The van der Waals surface area contributed by atoms with Crippen molar-refractivity contribution in [3.8, 4) is 0 Å². The van der Waals surface area contributed by atoms with Crippen LogP contribution in [0.3, 0.4) is 0 Å². The molecule has 1 aromatic rings. The molecule has 1 aromatic heterocycles. The number of sulfonamides is 1. The molecule has 0 bridgehead atoms. The standard InChI is InChI=1S/C12H18N2O4S2/c1-8-3-2-4-9(6-5-8)14-20(17,18)12-10(11(15)16)13-7-19-12/h7-9,14H,2-6H2,1H3,(H,15,16). The van der Waals surface area contributed by atoms with E-state index in [1.54, 1.807) is 0 Å². The molecule has 112 valence electrons. The molecule has 0 aromatic carbocycles. The van der Waals surface area contributed by atoms with Crippen LogP contribution in [0.5, 0.6) is 0 Å². The van der Waals surface area contributed by atoms with Crippen molar-refractivity contribution in [2.75, 3.05) is 0 Å². The van der Waals surface area contributed by atoms with E-state index in [0.717, 1.165) is 43.4 Å². The number of aromatic carboxylic acids is 1. The van der Waals surface area contributed by atoms with Crippen LogP contribution in [-0.2, 0) is 10.0 Å². The fourth-order valence-corrected chi connectivity index (χ4v) is 4.91. The van der Waals surface area contributed by atoms with Gasteiger partial charge in [0.05, 0.1) is 5.51 Å². The van der Waals surface area contributed by atoms with Gasteiger partial charge >= 0.3 is 5.97 Å². The lowest BCUT2D eigenvalue weighted by atomic mass is 10.0. The summed E-state index contributed by atoms with van der Waals surface area (Å²) >= 11 is 0.837. The fraction of sp³-hybridized carbons (Fsp3) is 0.667. The van der Waals surface area contributed by atoms with E-state index in [9.17, 15) is 13.2 Å². The second-order valence-corrected chi connectivity index (χ2v) is 7.99. The Balaban J connectivity index is 2.14. The van der Waals surface area contributed by atoms with Crippen LogP contribution in [-0.4, -0.2) is 30.5 Å². The van der Waals surface area contributed by atoms with E-state index in [4.69, 9.17) is 5.11 Å². The summed E-state index contributed by atoms with van der Waals surface area (Å²) in [4.78, 5) is 14.6. The molecule has 0 radical (unpaired) electrons. The van der Waals surface area contributed by atoms with Crippen LogP contribution >= 0.6 is 11.3 Å². The third-order valence-electron chi connectivity index (χ3n) is 3.56. The highest BCUT2D eigenvalue weighted by Crippen LogP contribution is 2.25. The van der Waals surface area contributed by atoms with Crippen molar-refractivity contribution >= 4 is 27.3 Å². The van der Waals surface area contributed by atoms with Crippen LogP contribution in [0.4, 0.5) is 0 Å². The van der Waals surface area contributed by atoms with Crippen LogP contribution < -0.4 is 4.72 Å². The third-order valence-corrected chi connectivity index (χ3v) is 6.45. The summed E-state index contributed by atoms with van der Waals surface area (Å²) in [7, 11) is -3.80. The number of nitrogens with one attached hydrogen (secondary N) is 1. The first-order valence-corrected chi connectivity index (χ1v) is 8.95. The molecule has 1 saturated carbocycles. The SMILES string of the molecule is CC1CCCC(NS(=O)(=O)c2scnc2C(=O)O)CC1. The van der Waals surface area contributed by atoms with Gasteiger partial charge in [-0.05, 0) is 25.2 Å². The van der Waals surface area contributed by atoms with Crippen LogP contribution in [0, 0.1) is 5.92 Å². The largest absolute Gasteiger partial charge is 0.476 e. The van der Waals surface area contributed by atoms with E-state index in [0.29, 0.717) is 5.92 Å². The smallest absolute Gasteiger partial charge is 0.356 e. The average Bonchev–Trinajstić information content (AvgIpc) is 2.78. The lowest BCUT2D eigenvalue weighted by Crippen LogP contribution is -2.34. The molecule has 0 aliphatic heterocycles. The van der Waals surface area contributed by atoms with Gasteiger partial charge in [-0.2, -0.15) is 0 Å². The molecule has 1 aliphatic carbocycles. The van der Waals surface area contributed by atoms with Crippen LogP contribution in [0.25, 0.3) is 0 Å². The Kier molecular flexibility index (Phi) is 4.77. The summed E-state index contributed by atoms with van der Waals surface area (Å²) in [5, 5.41) is 8.96. The predicted molar refractivity (Wildman–Crippen MR) is 75.4 cm³/mol. The number of hydrogen-bond donors (Lipinski definition) is 2. The van der Waals surface area contributed by atoms with Crippen LogP contribution in [0.2, 0.25) is 0 Å². The number of carboxylic acids is 1. The number of carboxylic acid groups (broad SMARTS) is 1. The van der Waals surface area contributed by atoms with Gasteiger partial charge in [0, 0.05) is 6.04 Å². The molecular formula is C12H18N2O4S2. The maximum absolute atomic E-state index is 12.3. The molecule has 1 heterocycles. The summed E-state index contributed by atoms with van der Waals surface area (Å²) < 4.78 is 27.0. The van der Waals surface area contributed by atoms with Gasteiger partial charge in [0.2, 0.25) is 0 Å². The summed E-state index contributed by atoms with van der Waals surface area (Å²) in [6, 6.07) is -0.117. The quantitative estimate of drug-likeness (QED) is 0.829. The molecule has 2 atom stereocenters. The topological polar surface area (TPSA) is 96.4 Å². The second kappa shape index (κ2) is 6.19. The first-order valence-electron chi connectivity index (χ1n) is 6.59. The zero-order valence-corrected chi connectivity index (χ0v) is 12.8. The van der Waals surface area contributed by atoms with Crippen LogP contribution in [0.1, 0.15) is 49.5 Å². The van der Waals surface area contributed by atoms with E-state index in [2.05, 4.69) is 16.6 Å². The number of aromatic nitrogens is 1. The molecular weight excluding hydrogens is 300 g/mol. The number of thiazole rings is 1. The number of rotatable bonds is 4. The monoisotopic (exact) mass is 318 g/mol. The molecule has 0 spiro atoms. The van der Waals surface area contributed by atoms with Gasteiger partial charge < -0.3 is 5.11 Å². The Bertz CT molecular complexity index is 582. The van der Waals surface area contributed by atoms with E-state index in [-0.39, 0.29) is 10.3 Å². The zero-order chi connectivity index (χ0) is 14.8. The molecule has 8 heteroatoms. The molecule has 1 fully saturated rings. The van der Waals surface area contributed by atoms with Gasteiger partial charge in [0.15, 0.2) is 9.90 Å². The minimum Gasteiger partial charge on any atom is -0.476 e. The Morgan fingerprint density at radius 1 is 1.40 bits per heavy atom. The minimum absolute atomic E-state index is 0.117. The first kappa shape index (κ1) is 15.4. The molecule has 0 saturated heterocycles. The van der Waals surface area contributed by atoms with Crippen molar-refractivity contribution < 1.29 is 18.3 Å². The fourth-order valence-electron chi connectivity index (χ4n) is 2.45. The Morgan fingerprint density at radius 3 is 2.85 bits per heavy atom. The van der Waals surface area contributed by atoms with Crippen molar-refractivity contribution in [2.24, 2.45) is 5.92 Å². The van der Waals surface area contributed by atoms with Crippen molar-refractivity contribution in [3.05, 3.63) is 11.2 Å². The number of hydrogen-bond acceptors (Lipinski definition) is 5.